The number of nitrogens with one attached hydrogen (secondary N) is 1. The number of rotatable bonds is 8. The Balaban J connectivity index is 1.47. The molecule has 164 valence electrons. The summed E-state index contributed by atoms with van der Waals surface area (Å²) in [5.74, 6) is 1.26. The average molecular weight is 438 g/mol. The minimum Gasteiger partial charge on any atom is -0.488 e. The van der Waals surface area contributed by atoms with Crippen molar-refractivity contribution in [3.05, 3.63) is 131 Å². The lowest BCUT2D eigenvalue weighted by Gasteiger charge is -2.13. The predicted octanol–water partition coefficient (Wildman–Crippen LogP) is 7.06. The van der Waals surface area contributed by atoms with Gasteiger partial charge in [-0.25, -0.2) is 4.39 Å². The first kappa shape index (κ1) is 20.8. The van der Waals surface area contributed by atoms with Crippen molar-refractivity contribution in [3.8, 4) is 11.5 Å². The molecular formula is C29H24FNO2. The fraction of sp³-hybridized carbons (Fsp3) is 0.103. The lowest BCUT2D eigenvalue weighted by molar-refractivity contribution is 0.298. The molecule has 33 heavy (non-hydrogen) atoms. The SMILES string of the molecule is Fc1cccc(Cc2cc(OCc3ccccc3)c3c(OCc4ccccc4)c[nH]c3c2)c1. The van der Waals surface area contributed by atoms with Gasteiger partial charge < -0.3 is 14.5 Å². The maximum atomic E-state index is 13.7. The molecule has 0 radical (unpaired) electrons. The van der Waals surface area contributed by atoms with E-state index in [0.29, 0.717) is 19.6 Å². The molecule has 0 amide bonds. The molecule has 0 unspecified atom stereocenters. The molecule has 1 aromatic heterocycles. The van der Waals surface area contributed by atoms with E-state index in [9.17, 15) is 4.39 Å². The van der Waals surface area contributed by atoms with Crippen LogP contribution in [0, 0.1) is 5.82 Å². The van der Waals surface area contributed by atoms with Crippen molar-refractivity contribution in [2.75, 3.05) is 0 Å². The van der Waals surface area contributed by atoms with Gasteiger partial charge in [0.1, 0.15) is 30.5 Å². The predicted molar refractivity (Wildman–Crippen MR) is 129 cm³/mol. The minimum absolute atomic E-state index is 0.231. The molecule has 0 fully saturated rings. The molecule has 0 bridgehead atoms. The highest BCUT2D eigenvalue weighted by Gasteiger charge is 2.14. The van der Waals surface area contributed by atoms with Crippen LogP contribution in [0.3, 0.4) is 0 Å². The van der Waals surface area contributed by atoms with Gasteiger partial charge in [-0.3, -0.25) is 0 Å². The molecule has 0 spiro atoms. The summed E-state index contributed by atoms with van der Waals surface area (Å²) in [7, 11) is 0. The zero-order chi connectivity index (χ0) is 22.5. The Labute approximate surface area is 192 Å². The van der Waals surface area contributed by atoms with Gasteiger partial charge in [0.25, 0.3) is 0 Å². The second-order valence-corrected chi connectivity index (χ2v) is 8.02. The fourth-order valence-corrected chi connectivity index (χ4v) is 3.94. The van der Waals surface area contributed by atoms with Gasteiger partial charge in [0, 0.05) is 6.20 Å². The maximum Gasteiger partial charge on any atom is 0.148 e. The molecule has 1 heterocycles. The number of ether oxygens (including phenoxy) is 2. The number of hydrogen-bond donors (Lipinski definition) is 1. The van der Waals surface area contributed by atoms with Gasteiger partial charge in [0.05, 0.1) is 10.9 Å². The second-order valence-electron chi connectivity index (χ2n) is 8.02. The van der Waals surface area contributed by atoms with Gasteiger partial charge in [-0.1, -0.05) is 72.8 Å². The summed E-state index contributed by atoms with van der Waals surface area (Å²) in [6.07, 6.45) is 2.48. The van der Waals surface area contributed by atoms with E-state index in [-0.39, 0.29) is 5.82 Å². The number of halogens is 1. The zero-order valence-electron chi connectivity index (χ0n) is 18.1. The first-order valence-electron chi connectivity index (χ1n) is 11.0. The lowest BCUT2D eigenvalue weighted by atomic mass is 10.0. The summed E-state index contributed by atoms with van der Waals surface area (Å²) in [5.41, 5.74) is 5.06. The quantitative estimate of drug-likeness (QED) is 0.282. The van der Waals surface area contributed by atoms with E-state index in [1.165, 1.54) is 6.07 Å². The molecular weight excluding hydrogens is 413 g/mol. The smallest absolute Gasteiger partial charge is 0.148 e. The van der Waals surface area contributed by atoms with Gasteiger partial charge in [-0.15, -0.1) is 0 Å². The molecule has 4 aromatic carbocycles. The van der Waals surface area contributed by atoms with E-state index >= 15 is 0 Å². The van der Waals surface area contributed by atoms with Crippen molar-refractivity contribution < 1.29 is 13.9 Å². The van der Waals surface area contributed by atoms with E-state index in [0.717, 1.165) is 44.7 Å². The number of aromatic amines is 1. The molecule has 4 heteroatoms. The van der Waals surface area contributed by atoms with Crippen LogP contribution in [0.15, 0.2) is 103 Å². The van der Waals surface area contributed by atoms with Crippen LogP contribution in [-0.2, 0) is 19.6 Å². The Kier molecular flexibility index (Phi) is 6.07. The summed E-state index contributed by atoms with van der Waals surface area (Å²) in [6, 6.07) is 30.9. The second kappa shape index (κ2) is 9.61. The summed E-state index contributed by atoms with van der Waals surface area (Å²) >= 11 is 0. The molecule has 0 aliphatic carbocycles. The third kappa shape index (κ3) is 5.07. The lowest BCUT2D eigenvalue weighted by Crippen LogP contribution is -1.99. The summed E-state index contributed by atoms with van der Waals surface area (Å²) in [5, 5.41) is 0.907. The highest BCUT2D eigenvalue weighted by atomic mass is 19.1. The normalized spacial score (nSPS) is 10.9. The number of H-pyrrole nitrogens is 1. The van der Waals surface area contributed by atoms with Crippen molar-refractivity contribution in [3.63, 3.8) is 0 Å². The first-order valence-corrected chi connectivity index (χ1v) is 11.0. The number of benzene rings is 4. The molecule has 1 N–H and O–H groups in total. The third-order valence-corrected chi connectivity index (χ3v) is 5.54. The molecule has 5 rings (SSSR count). The van der Waals surface area contributed by atoms with Gasteiger partial charge in [-0.2, -0.15) is 0 Å². The molecule has 5 aromatic rings. The maximum absolute atomic E-state index is 13.7. The van der Waals surface area contributed by atoms with Crippen LogP contribution in [0.25, 0.3) is 10.9 Å². The topological polar surface area (TPSA) is 34.2 Å². The van der Waals surface area contributed by atoms with Crippen LogP contribution in [-0.4, -0.2) is 4.98 Å². The van der Waals surface area contributed by atoms with Crippen LogP contribution < -0.4 is 9.47 Å². The molecule has 0 aliphatic rings. The Hall–Kier alpha value is -4.05. The van der Waals surface area contributed by atoms with Crippen LogP contribution in [0.2, 0.25) is 0 Å². The number of aromatic nitrogens is 1. The average Bonchev–Trinajstić information content (AvgIpc) is 3.26. The largest absolute Gasteiger partial charge is 0.488 e. The van der Waals surface area contributed by atoms with Crippen molar-refractivity contribution in [2.24, 2.45) is 0 Å². The van der Waals surface area contributed by atoms with Crippen LogP contribution in [0.5, 0.6) is 11.5 Å². The fourth-order valence-electron chi connectivity index (χ4n) is 3.94. The Morgan fingerprint density at radius 2 is 1.24 bits per heavy atom. The van der Waals surface area contributed by atoms with Crippen molar-refractivity contribution in [2.45, 2.75) is 19.6 Å². The van der Waals surface area contributed by atoms with Crippen LogP contribution in [0.1, 0.15) is 22.3 Å². The molecule has 3 nitrogen and oxygen atoms in total. The number of hydrogen-bond acceptors (Lipinski definition) is 2. The zero-order valence-corrected chi connectivity index (χ0v) is 18.1. The van der Waals surface area contributed by atoms with Crippen molar-refractivity contribution in [1.29, 1.82) is 0 Å². The van der Waals surface area contributed by atoms with Crippen molar-refractivity contribution >= 4 is 10.9 Å². The molecule has 0 saturated heterocycles. The monoisotopic (exact) mass is 437 g/mol. The number of fused-ring (bicyclic) bond motifs is 1. The van der Waals surface area contributed by atoms with Crippen LogP contribution >= 0.6 is 0 Å². The van der Waals surface area contributed by atoms with Crippen molar-refractivity contribution in [1.82, 2.24) is 4.98 Å². The Morgan fingerprint density at radius 1 is 0.606 bits per heavy atom. The van der Waals surface area contributed by atoms with E-state index in [1.54, 1.807) is 12.1 Å². The molecule has 0 aliphatic heterocycles. The summed E-state index contributed by atoms with van der Waals surface area (Å²) in [4.78, 5) is 3.32. The van der Waals surface area contributed by atoms with Gasteiger partial charge >= 0.3 is 0 Å². The third-order valence-electron chi connectivity index (χ3n) is 5.54. The van der Waals surface area contributed by atoms with E-state index in [4.69, 9.17) is 9.47 Å². The van der Waals surface area contributed by atoms with Gasteiger partial charge in [0.15, 0.2) is 0 Å². The molecule has 0 atom stereocenters. The standard InChI is InChI=1S/C29H24FNO2/c30-25-13-7-12-23(15-25)14-24-16-26-29(27(17-24)32-19-21-8-3-1-4-9-21)28(18-31-26)33-20-22-10-5-2-6-11-22/h1-13,15-18,31H,14,19-20H2. The summed E-state index contributed by atoms with van der Waals surface area (Å²) < 4.78 is 26.1. The minimum atomic E-state index is -0.231. The Bertz CT molecular complexity index is 1350. The Morgan fingerprint density at radius 3 is 1.91 bits per heavy atom. The highest BCUT2D eigenvalue weighted by molar-refractivity contribution is 5.92. The first-order chi connectivity index (χ1) is 16.2. The van der Waals surface area contributed by atoms with Gasteiger partial charge in [0.2, 0.25) is 0 Å². The van der Waals surface area contributed by atoms with E-state index in [2.05, 4.69) is 11.1 Å². The van der Waals surface area contributed by atoms with E-state index in [1.807, 2.05) is 79.0 Å². The highest BCUT2D eigenvalue weighted by Crippen LogP contribution is 2.37. The van der Waals surface area contributed by atoms with E-state index < -0.39 is 0 Å². The van der Waals surface area contributed by atoms with Crippen LogP contribution in [0.4, 0.5) is 4.39 Å². The summed E-state index contributed by atoms with van der Waals surface area (Å²) in [6.45, 7) is 0.916. The molecule has 0 saturated carbocycles. The van der Waals surface area contributed by atoms with Gasteiger partial charge in [-0.05, 0) is 52.9 Å².